The first kappa shape index (κ1) is 8.63. The predicted octanol–water partition coefficient (Wildman–Crippen LogP) is -0.456. The molecule has 1 fully saturated rings. The summed E-state index contributed by atoms with van der Waals surface area (Å²) in [5.74, 6) is -0.580. The molecule has 1 rings (SSSR count). The molecule has 0 N–H and O–H groups in total. The standard InChI is InChI=1S/C5H8O5S/c1-5(4(6)8-2)3-9-11(7)10-5/h3H2,1-2H3/t5-,11?/m1/s1. The molecule has 1 heterocycles. The van der Waals surface area contributed by atoms with Gasteiger partial charge < -0.3 is 4.74 Å². The minimum Gasteiger partial charge on any atom is -0.467 e. The van der Waals surface area contributed by atoms with Crippen LogP contribution in [0.5, 0.6) is 0 Å². The van der Waals surface area contributed by atoms with Gasteiger partial charge in [-0.25, -0.2) is 8.98 Å². The van der Waals surface area contributed by atoms with Gasteiger partial charge in [-0.15, -0.1) is 0 Å². The summed E-state index contributed by atoms with van der Waals surface area (Å²) in [7, 11) is 1.23. The fourth-order valence-corrected chi connectivity index (χ4v) is 1.45. The second-order valence-electron chi connectivity index (χ2n) is 2.27. The van der Waals surface area contributed by atoms with Crippen LogP contribution in [0.3, 0.4) is 0 Å². The van der Waals surface area contributed by atoms with E-state index in [0.717, 1.165) is 0 Å². The maximum Gasteiger partial charge on any atom is 0.341 e. The van der Waals surface area contributed by atoms with Crippen molar-refractivity contribution >= 4 is 17.3 Å². The third kappa shape index (κ3) is 1.58. The lowest BCUT2D eigenvalue weighted by Crippen LogP contribution is -2.38. The maximum absolute atomic E-state index is 10.9. The Morgan fingerprint density at radius 1 is 1.73 bits per heavy atom. The molecule has 0 radical (unpaired) electrons. The number of hydrogen-bond donors (Lipinski definition) is 0. The number of hydrogen-bond acceptors (Lipinski definition) is 5. The molecule has 0 bridgehead atoms. The monoisotopic (exact) mass is 180 g/mol. The highest BCUT2D eigenvalue weighted by Gasteiger charge is 2.44. The lowest BCUT2D eigenvalue weighted by Gasteiger charge is -2.14. The molecule has 1 unspecified atom stereocenters. The van der Waals surface area contributed by atoms with Crippen LogP contribution in [-0.2, 0) is 29.3 Å². The number of esters is 1. The van der Waals surface area contributed by atoms with E-state index in [-0.39, 0.29) is 6.61 Å². The van der Waals surface area contributed by atoms with E-state index in [4.69, 9.17) is 0 Å². The molecule has 0 aromatic carbocycles. The van der Waals surface area contributed by atoms with Crippen LogP contribution < -0.4 is 0 Å². The Kier molecular flexibility index (Phi) is 2.26. The van der Waals surface area contributed by atoms with Gasteiger partial charge in [-0.05, 0) is 6.92 Å². The van der Waals surface area contributed by atoms with E-state index in [1.807, 2.05) is 0 Å². The Hall–Kier alpha value is -0.460. The first-order valence-corrected chi connectivity index (χ1v) is 3.91. The van der Waals surface area contributed by atoms with Gasteiger partial charge in [0.05, 0.1) is 7.11 Å². The average molecular weight is 180 g/mol. The lowest BCUT2D eigenvalue weighted by atomic mass is 10.1. The summed E-state index contributed by atoms with van der Waals surface area (Å²) in [5, 5.41) is 0. The highest BCUT2D eigenvalue weighted by atomic mass is 32.2. The summed E-state index contributed by atoms with van der Waals surface area (Å²) in [4.78, 5) is 10.9. The fraction of sp³-hybridized carbons (Fsp3) is 0.800. The number of ether oxygens (including phenoxy) is 1. The zero-order valence-corrected chi connectivity index (χ0v) is 6.97. The second-order valence-corrected chi connectivity index (χ2v) is 3.08. The van der Waals surface area contributed by atoms with Gasteiger partial charge in [0.2, 0.25) is 5.60 Å². The third-order valence-electron chi connectivity index (χ3n) is 1.30. The van der Waals surface area contributed by atoms with Gasteiger partial charge in [-0.1, -0.05) is 0 Å². The van der Waals surface area contributed by atoms with E-state index >= 15 is 0 Å². The second kappa shape index (κ2) is 2.88. The summed E-state index contributed by atoms with van der Waals surface area (Å²) in [6, 6.07) is 0. The highest BCUT2D eigenvalue weighted by molar-refractivity contribution is 7.75. The van der Waals surface area contributed by atoms with Gasteiger partial charge in [-0.2, -0.15) is 4.21 Å². The normalized spacial score (nSPS) is 37.1. The van der Waals surface area contributed by atoms with E-state index in [1.165, 1.54) is 14.0 Å². The smallest absolute Gasteiger partial charge is 0.341 e. The van der Waals surface area contributed by atoms with Crippen molar-refractivity contribution in [3.05, 3.63) is 0 Å². The quantitative estimate of drug-likeness (QED) is 0.511. The zero-order chi connectivity index (χ0) is 8.48. The van der Waals surface area contributed by atoms with Crippen LogP contribution in [0.4, 0.5) is 0 Å². The molecule has 1 aliphatic rings. The first-order valence-electron chi connectivity index (χ1n) is 2.91. The van der Waals surface area contributed by atoms with Gasteiger partial charge in [0, 0.05) is 0 Å². The maximum atomic E-state index is 10.9. The van der Waals surface area contributed by atoms with E-state index < -0.39 is 22.9 Å². The van der Waals surface area contributed by atoms with Crippen molar-refractivity contribution in [3.63, 3.8) is 0 Å². The summed E-state index contributed by atoms with van der Waals surface area (Å²) in [6.07, 6.45) is 0. The molecule has 0 saturated carbocycles. The zero-order valence-electron chi connectivity index (χ0n) is 6.16. The Morgan fingerprint density at radius 3 is 2.73 bits per heavy atom. The van der Waals surface area contributed by atoms with Crippen LogP contribution in [0.15, 0.2) is 0 Å². The molecule has 1 saturated heterocycles. The summed E-state index contributed by atoms with van der Waals surface area (Å²) < 4.78 is 24.2. The molecule has 5 nitrogen and oxygen atoms in total. The van der Waals surface area contributed by atoms with Crippen molar-refractivity contribution in [2.75, 3.05) is 13.7 Å². The molecular weight excluding hydrogens is 172 g/mol. The minimum atomic E-state index is -1.82. The molecule has 2 atom stereocenters. The first-order chi connectivity index (χ1) is 5.08. The average Bonchev–Trinajstić information content (AvgIpc) is 2.31. The van der Waals surface area contributed by atoms with Crippen molar-refractivity contribution in [3.8, 4) is 0 Å². The van der Waals surface area contributed by atoms with E-state index in [1.54, 1.807) is 0 Å². The van der Waals surface area contributed by atoms with Gasteiger partial charge >= 0.3 is 17.3 Å². The van der Waals surface area contributed by atoms with Crippen LogP contribution in [0, 0.1) is 0 Å². The molecule has 6 heteroatoms. The minimum absolute atomic E-state index is 0.0354. The van der Waals surface area contributed by atoms with Gasteiger partial charge in [-0.3, -0.25) is 4.18 Å². The highest BCUT2D eigenvalue weighted by Crippen LogP contribution is 2.22. The van der Waals surface area contributed by atoms with Crippen LogP contribution >= 0.6 is 0 Å². The molecule has 0 aromatic heterocycles. The van der Waals surface area contributed by atoms with Crippen molar-refractivity contribution in [1.82, 2.24) is 0 Å². The van der Waals surface area contributed by atoms with Gasteiger partial charge in [0.1, 0.15) is 6.61 Å². The fourth-order valence-electron chi connectivity index (χ4n) is 0.668. The van der Waals surface area contributed by atoms with Crippen molar-refractivity contribution in [2.45, 2.75) is 12.5 Å². The van der Waals surface area contributed by atoms with Crippen LogP contribution in [-0.4, -0.2) is 29.5 Å². The molecule has 0 spiro atoms. The van der Waals surface area contributed by atoms with Crippen molar-refractivity contribution in [2.24, 2.45) is 0 Å². The van der Waals surface area contributed by atoms with Crippen LogP contribution in [0.25, 0.3) is 0 Å². The lowest BCUT2D eigenvalue weighted by molar-refractivity contribution is -0.155. The topological polar surface area (TPSA) is 61.8 Å². The number of rotatable bonds is 1. The summed E-state index contributed by atoms with van der Waals surface area (Å²) in [6.45, 7) is 1.43. The Labute approximate surface area is 66.5 Å². The molecule has 11 heavy (non-hydrogen) atoms. The molecular formula is C5H8O5S. The van der Waals surface area contributed by atoms with E-state index in [9.17, 15) is 9.00 Å². The number of carbonyl (C=O) groups is 1. The molecule has 0 aromatic rings. The Bertz CT molecular complexity index is 203. The summed E-state index contributed by atoms with van der Waals surface area (Å²) in [5.41, 5.74) is -1.21. The van der Waals surface area contributed by atoms with Gasteiger partial charge in [0.15, 0.2) is 0 Å². The number of methoxy groups -OCH3 is 1. The summed E-state index contributed by atoms with van der Waals surface area (Å²) >= 11 is -1.82. The molecule has 1 aliphatic heterocycles. The third-order valence-corrected chi connectivity index (χ3v) is 2.11. The molecule has 0 aliphatic carbocycles. The Morgan fingerprint density at radius 2 is 2.36 bits per heavy atom. The largest absolute Gasteiger partial charge is 0.467 e. The van der Waals surface area contributed by atoms with E-state index in [2.05, 4.69) is 13.1 Å². The van der Waals surface area contributed by atoms with Crippen molar-refractivity contribution in [1.29, 1.82) is 0 Å². The van der Waals surface area contributed by atoms with Crippen LogP contribution in [0.1, 0.15) is 6.92 Å². The number of carbonyl (C=O) groups excluding carboxylic acids is 1. The SMILES string of the molecule is COC(=O)[C@@]1(C)COS(=O)O1. The van der Waals surface area contributed by atoms with Crippen LogP contribution in [0.2, 0.25) is 0 Å². The Balaban J connectivity index is 2.69. The van der Waals surface area contributed by atoms with Gasteiger partial charge in [0.25, 0.3) is 0 Å². The predicted molar refractivity (Wildman–Crippen MR) is 35.6 cm³/mol. The van der Waals surface area contributed by atoms with Crippen molar-refractivity contribution < 1.29 is 22.1 Å². The molecule has 0 amide bonds. The molecule has 64 valence electrons. The van der Waals surface area contributed by atoms with E-state index in [0.29, 0.717) is 0 Å².